The minimum Gasteiger partial charge on any atom is -0.497 e. The van der Waals surface area contributed by atoms with E-state index in [2.05, 4.69) is 24.0 Å². The van der Waals surface area contributed by atoms with Gasteiger partial charge in [0.2, 0.25) is 0 Å². The van der Waals surface area contributed by atoms with Crippen LogP contribution in [-0.4, -0.2) is 26.3 Å². The van der Waals surface area contributed by atoms with Crippen LogP contribution in [0, 0.1) is 6.92 Å². The lowest BCUT2D eigenvalue weighted by atomic mass is 9.80. The van der Waals surface area contributed by atoms with Gasteiger partial charge in [-0.3, -0.25) is 0 Å². The Morgan fingerprint density at radius 2 is 1.38 bits per heavy atom. The summed E-state index contributed by atoms with van der Waals surface area (Å²) in [5.41, 5.74) is 3.51. The van der Waals surface area contributed by atoms with Crippen LogP contribution in [0.25, 0.3) is 0 Å². The molecular weight excluding hydrogens is 322 g/mol. The highest BCUT2D eigenvalue weighted by molar-refractivity contribution is 5.57. The zero-order valence-electron chi connectivity index (χ0n) is 15.7. The van der Waals surface area contributed by atoms with Crippen molar-refractivity contribution >= 4 is 5.69 Å². The Hall–Kier alpha value is -2.78. The zero-order chi connectivity index (χ0) is 18.7. The summed E-state index contributed by atoms with van der Waals surface area (Å²) < 4.78 is 5.27. The molecule has 0 aliphatic rings. The molecule has 3 rings (SSSR count). The van der Waals surface area contributed by atoms with E-state index in [1.807, 2.05) is 74.8 Å². The molecule has 3 aromatic rings. The van der Waals surface area contributed by atoms with Gasteiger partial charge in [-0.05, 0) is 47.4 Å². The minimum atomic E-state index is -1.23. The van der Waals surface area contributed by atoms with Crippen molar-refractivity contribution in [1.82, 2.24) is 0 Å². The first-order valence-electron chi connectivity index (χ1n) is 8.67. The molecule has 0 saturated heterocycles. The lowest BCUT2D eigenvalue weighted by Crippen LogP contribution is -2.29. The van der Waals surface area contributed by atoms with E-state index in [0.717, 1.165) is 33.7 Å². The third-order valence-electron chi connectivity index (χ3n) is 4.80. The molecule has 1 unspecified atom stereocenters. The molecule has 0 aromatic heterocycles. The second-order valence-corrected chi connectivity index (χ2v) is 6.70. The number of benzene rings is 3. The van der Waals surface area contributed by atoms with Crippen molar-refractivity contribution in [2.45, 2.75) is 12.5 Å². The largest absolute Gasteiger partial charge is 0.497 e. The van der Waals surface area contributed by atoms with Gasteiger partial charge in [-0.1, -0.05) is 54.6 Å². The predicted octanol–water partition coefficient (Wildman–Crippen LogP) is 4.35. The Balaban J connectivity index is 2.19. The summed E-state index contributed by atoms with van der Waals surface area (Å²) in [6, 6.07) is 23.5. The van der Waals surface area contributed by atoms with Gasteiger partial charge >= 0.3 is 0 Å². The SMILES string of the molecule is COc1ccc(C(O)(c2ccccc2)c2ccc(N(C)C)c(C)c2)cc1. The summed E-state index contributed by atoms with van der Waals surface area (Å²) in [6.07, 6.45) is 0. The third kappa shape index (κ3) is 3.18. The predicted molar refractivity (Wildman–Crippen MR) is 107 cm³/mol. The maximum absolute atomic E-state index is 11.9. The van der Waals surface area contributed by atoms with Crippen LogP contribution in [0.4, 0.5) is 5.69 Å². The Bertz CT molecular complexity index is 872. The van der Waals surface area contributed by atoms with Gasteiger partial charge in [0.1, 0.15) is 11.4 Å². The van der Waals surface area contributed by atoms with Crippen molar-refractivity contribution in [3.8, 4) is 5.75 Å². The molecule has 1 atom stereocenters. The van der Waals surface area contributed by atoms with Gasteiger partial charge in [0.15, 0.2) is 0 Å². The van der Waals surface area contributed by atoms with Crippen LogP contribution in [-0.2, 0) is 5.60 Å². The van der Waals surface area contributed by atoms with Gasteiger partial charge in [0, 0.05) is 19.8 Å². The number of methoxy groups -OCH3 is 1. The standard InChI is InChI=1S/C23H25NO2/c1-17-16-20(12-15-22(17)24(2)3)23(25,18-8-6-5-7-9-18)19-10-13-21(26-4)14-11-19/h5-16,25H,1-4H3. The lowest BCUT2D eigenvalue weighted by molar-refractivity contribution is 0.125. The summed E-state index contributed by atoms with van der Waals surface area (Å²) in [5.74, 6) is 0.767. The fourth-order valence-electron chi connectivity index (χ4n) is 3.39. The highest BCUT2D eigenvalue weighted by atomic mass is 16.5. The summed E-state index contributed by atoms with van der Waals surface area (Å²) in [5, 5.41) is 11.9. The van der Waals surface area contributed by atoms with Crippen LogP contribution < -0.4 is 9.64 Å². The fourth-order valence-corrected chi connectivity index (χ4v) is 3.39. The maximum atomic E-state index is 11.9. The molecule has 0 radical (unpaired) electrons. The molecule has 0 heterocycles. The summed E-state index contributed by atoms with van der Waals surface area (Å²) >= 11 is 0. The molecule has 3 aromatic carbocycles. The van der Waals surface area contributed by atoms with E-state index in [-0.39, 0.29) is 0 Å². The van der Waals surface area contributed by atoms with Crippen LogP contribution in [0.1, 0.15) is 22.3 Å². The van der Waals surface area contributed by atoms with Gasteiger partial charge in [0.25, 0.3) is 0 Å². The average Bonchev–Trinajstić information content (AvgIpc) is 2.67. The number of ether oxygens (including phenoxy) is 1. The second-order valence-electron chi connectivity index (χ2n) is 6.70. The summed E-state index contributed by atoms with van der Waals surface area (Å²) in [7, 11) is 5.69. The molecule has 0 fully saturated rings. The Kier molecular flexibility index (Phi) is 5.01. The average molecular weight is 347 g/mol. The number of aliphatic hydroxyl groups is 1. The van der Waals surface area contributed by atoms with Crippen molar-refractivity contribution < 1.29 is 9.84 Å². The molecule has 26 heavy (non-hydrogen) atoms. The molecule has 0 spiro atoms. The van der Waals surface area contributed by atoms with E-state index in [1.165, 1.54) is 0 Å². The summed E-state index contributed by atoms with van der Waals surface area (Å²) in [4.78, 5) is 2.08. The van der Waals surface area contributed by atoms with Crippen molar-refractivity contribution in [3.05, 3.63) is 95.1 Å². The highest BCUT2D eigenvalue weighted by Gasteiger charge is 2.34. The molecule has 0 saturated carbocycles. The van der Waals surface area contributed by atoms with Crippen LogP contribution in [0.2, 0.25) is 0 Å². The molecule has 0 bridgehead atoms. The van der Waals surface area contributed by atoms with E-state index in [9.17, 15) is 5.11 Å². The number of hydrogen-bond acceptors (Lipinski definition) is 3. The molecule has 0 aliphatic carbocycles. The van der Waals surface area contributed by atoms with E-state index in [4.69, 9.17) is 4.74 Å². The number of anilines is 1. The molecule has 3 heteroatoms. The number of hydrogen-bond donors (Lipinski definition) is 1. The minimum absolute atomic E-state index is 0.767. The van der Waals surface area contributed by atoms with Crippen molar-refractivity contribution in [1.29, 1.82) is 0 Å². The van der Waals surface area contributed by atoms with Gasteiger partial charge in [-0.15, -0.1) is 0 Å². The van der Waals surface area contributed by atoms with E-state index < -0.39 is 5.60 Å². The van der Waals surface area contributed by atoms with Gasteiger partial charge in [0.05, 0.1) is 7.11 Å². The fraction of sp³-hybridized carbons (Fsp3) is 0.217. The first-order chi connectivity index (χ1) is 12.5. The Morgan fingerprint density at radius 3 is 1.92 bits per heavy atom. The molecular formula is C23H25NO2. The maximum Gasteiger partial charge on any atom is 0.140 e. The van der Waals surface area contributed by atoms with E-state index in [0.29, 0.717) is 0 Å². The monoisotopic (exact) mass is 347 g/mol. The first-order valence-corrected chi connectivity index (χ1v) is 8.67. The van der Waals surface area contributed by atoms with Crippen molar-refractivity contribution in [3.63, 3.8) is 0 Å². The topological polar surface area (TPSA) is 32.7 Å². The molecule has 134 valence electrons. The van der Waals surface area contributed by atoms with Gasteiger partial charge in [-0.2, -0.15) is 0 Å². The van der Waals surface area contributed by atoms with Crippen LogP contribution in [0.15, 0.2) is 72.8 Å². The lowest BCUT2D eigenvalue weighted by Gasteiger charge is -2.31. The van der Waals surface area contributed by atoms with Crippen LogP contribution in [0.5, 0.6) is 5.75 Å². The Labute approximate surface area is 155 Å². The molecule has 0 aliphatic heterocycles. The number of aryl methyl sites for hydroxylation is 1. The quantitative estimate of drug-likeness (QED) is 0.696. The van der Waals surface area contributed by atoms with Crippen LogP contribution in [0.3, 0.4) is 0 Å². The second kappa shape index (κ2) is 7.22. The van der Waals surface area contributed by atoms with Crippen molar-refractivity contribution in [2.75, 3.05) is 26.1 Å². The van der Waals surface area contributed by atoms with Crippen LogP contribution >= 0.6 is 0 Å². The van der Waals surface area contributed by atoms with Crippen molar-refractivity contribution in [2.24, 2.45) is 0 Å². The number of nitrogens with zero attached hydrogens (tertiary/aromatic N) is 1. The molecule has 0 amide bonds. The third-order valence-corrected chi connectivity index (χ3v) is 4.80. The molecule has 3 nitrogen and oxygen atoms in total. The highest BCUT2D eigenvalue weighted by Crippen LogP contribution is 2.38. The van der Waals surface area contributed by atoms with Gasteiger partial charge < -0.3 is 14.7 Å². The number of rotatable bonds is 5. The van der Waals surface area contributed by atoms with E-state index in [1.54, 1.807) is 7.11 Å². The van der Waals surface area contributed by atoms with Gasteiger partial charge in [-0.25, -0.2) is 0 Å². The zero-order valence-corrected chi connectivity index (χ0v) is 15.7. The molecule has 1 N–H and O–H groups in total. The normalized spacial score (nSPS) is 13.1. The smallest absolute Gasteiger partial charge is 0.140 e. The van der Waals surface area contributed by atoms with E-state index >= 15 is 0 Å². The summed E-state index contributed by atoms with van der Waals surface area (Å²) in [6.45, 7) is 2.07. The first kappa shape index (κ1) is 18.0. The Morgan fingerprint density at radius 1 is 0.808 bits per heavy atom.